The Hall–Kier alpha value is -8.41. The monoisotopic (exact) mass is 792 g/mol. The summed E-state index contributed by atoms with van der Waals surface area (Å²) in [5, 5.41) is 4.41. The first-order valence-electron chi connectivity index (χ1n) is 20.8. The van der Waals surface area contributed by atoms with E-state index in [9.17, 15) is 0 Å². The number of nitrogens with zero attached hydrogens (tertiary/aromatic N) is 4. The molecule has 0 atom stereocenters. The van der Waals surface area contributed by atoms with Crippen molar-refractivity contribution in [2.45, 2.75) is 0 Å². The average Bonchev–Trinajstić information content (AvgIpc) is 3.90. The molecule has 0 spiro atoms. The Morgan fingerprint density at radius 3 is 1.48 bits per heavy atom. The van der Waals surface area contributed by atoms with Crippen LogP contribution in [0.15, 0.2) is 223 Å². The maximum absolute atomic E-state index is 6.56. The fraction of sp³-hybridized carbons (Fsp3) is 0. The number of furan rings is 1. The number of rotatable bonds is 7. The van der Waals surface area contributed by atoms with E-state index in [1.807, 2.05) is 72.8 Å². The maximum atomic E-state index is 6.56. The van der Waals surface area contributed by atoms with E-state index in [0.717, 1.165) is 77.7 Å². The molecule has 0 fully saturated rings. The number of para-hydroxylation sites is 2. The summed E-state index contributed by atoms with van der Waals surface area (Å²) in [5.74, 6) is 1.83. The second kappa shape index (κ2) is 14.7. The predicted molar refractivity (Wildman–Crippen MR) is 254 cm³/mol. The van der Waals surface area contributed by atoms with Crippen molar-refractivity contribution >= 4 is 43.7 Å². The number of hydrogen-bond acceptors (Lipinski definition) is 4. The Balaban J connectivity index is 1.04. The first-order chi connectivity index (χ1) is 30.7. The summed E-state index contributed by atoms with van der Waals surface area (Å²) in [4.78, 5) is 15.2. The molecule has 0 amide bonds. The molecule has 5 heteroatoms. The van der Waals surface area contributed by atoms with Crippen molar-refractivity contribution in [3.63, 3.8) is 0 Å². The van der Waals surface area contributed by atoms with Gasteiger partial charge in [-0.15, -0.1) is 0 Å². The highest BCUT2D eigenvalue weighted by Crippen LogP contribution is 2.41. The van der Waals surface area contributed by atoms with Gasteiger partial charge in [-0.2, -0.15) is 0 Å². The summed E-state index contributed by atoms with van der Waals surface area (Å²) in [6, 6.07) is 76.6. The molecule has 3 aromatic heterocycles. The molecule has 12 rings (SSSR count). The lowest BCUT2D eigenvalue weighted by atomic mass is 9.92. The lowest BCUT2D eigenvalue weighted by molar-refractivity contribution is 0.669. The fourth-order valence-corrected chi connectivity index (χ4v) is 8.89. The molecule has 5 nitrogen and oxygen atoms in total. The molecule has 0 radical (unpaired) electrons. The van der Waals surface area contributed by atoms with Gasteiger partial charge < -0.3 is 8.98 Å². The van der Waals surface area contributed by atoms with Gasteiger partial charge in [-0.3, -0.25) is 0 Å². The lowest BCUT2D eigenvalue weighted by Crippen LogP contribution is -2.00. The number of benzene rings is 9. The summed E-state index contributed by atoms with van der Waals surface area (Å²) in [6.45, 7) is 0. The van der Waals surface area contributed by atoms with Crippen LogP contribution < -0.4 is 0 Å². The van der Waals surface area contributed by atoms with Gasteiger partial charge in [0.15, 0.2) is 17.5 Å². The van der Waals surface area contributed by atoms with Gasteiger partial charge in [0.1, 0.15) is 11.2 Å². The van der Waals surface area contributed by atoms with Gasteiger partial charge in [-0.1, -0.05) is 152 Å². The molecule has 0 bridgehead atoms. The topological polar surface area (TPSA) is 56.7 Å². The normalized spacial score (nSPS) is 11.5. The van der Waals surface area contributed by atoms with Crippen molar-refractivity contribution < 1.29 is 4.42 Å². The molecule has 0 aliphatic heterocycles. The molecule has 0 saturated heterocycles. The van der Waals surface area contributed by atoms with Gasteiger partial charge in [0.2, 0.25) is 0 Å². The van der Waals surface area contributed by atoms with Gasteiger partial charge in [0.05, 0.1) is 11.0 Å². The van der Waals surface area contributed by atoms with E-state index in [4.69, 9.17) is 19.4 Å². The van der Waals surface area contributed by atoms with Crippen LogP contribution in [0.25, 0.3) is 117 Å². The number of aromatic nitrogens is 4. The highest BCUT2D eigenvalue weighted by atomic mass is 16.3. The van der Waals surface area contributed by atoms with Crippen molar-refractivity contribution in [2.75, 3.05) is 0 Å². The van der Waals surface area contributed by atoms with Crippen molar-refractivity contribution in [3.8, 4) is 73.2 Å². The summed E-state index contributed by atoms with van der Waals surface area (Å²) in [5.41, 5.74) is 14.6. The van der Waals surface area contributed by atoms with Crippen LogP contribution in [-0.2, 0) is 0 Å². The fourth-order valence-electron chi connectivity index (χ4n) is 8.89. The Morgan fingerprint density at radius 2 is 0.823 bits per heavy atom. The summed E-state index contributed by atoms with van der Waals surface area (Å²) < 4.78 is 8.92. The third-order valence-corrected chi connectivity index (χ3v) is 11.8. The van der Waals surface area contributed by atoms with Crippen LogP contribution in [0.3, 0.4) is 0 Å². The number of hydrogen-bond donors (Lipinski definition) is 0. The van der Waals surface area contributed by atoms with Gasteiger partial charge in [0, 0.05) is 43.9 Å². The highest BCUT2D eigenvalue weighted by molar-refractivity contribution is 6.13. The molecule has 3 heterocycles. The molecular formula is C57H36N4O. The van der Waals surface area contributed by atoms with E-state index in [-0.39, 0.29) is 0 Å². The zero-order valence-electron chi connectivity index (χ0n) is 33.5. The van der Waals surface area contributed by atoms with Crippen molar-refractivity contribution in [1.29, 1.82) is 0 Å². The smallest absolute Gasteiger partial charge is 0.164 e. The van der Waals surface area contributed by atoms with Crippen LogP contribution in [0.5, 0.6) is 0 Å². The first kappa shape index (κ1) is 35.5. The van der Waals surface area contributed by atoms with Crippen LogP contribution in [0.1, 0.15) is 0 Å². The summed E-state index contributed by atoms with van der Waals surface area (Å²) in [6.07, 6.45) is 0. The second-order valence-electron chi connectivity index (χ2n) is 15.6. The van der Waals surface area contributed by atoms with E-state index in [0.29, 0.717) is 17.5 Å². The largest absolute Gasteiger partial charge is 0.456 e. The minimum absolute atomic E-state index is 0.591. The quantitative estimate of drug-likeness (QED) is 0.161. The molecule has 0 unspecified atom stereocenters. The Kier molecular flexibility index (Phi) is 8.42. The van der Waals surface area contributed by atoms with E-state index in [1.165, 1.54) is 21.8 Å². The third-order valence-electron chi connectivity index (χ3n) is 11.8. The molecule has 0 N–H and O–H groups in total. The van der Waals surface area contributed by atoms with Crippen LogP contribution in [0.4, 0.5) is 0 Å². The predicted octanol–water partition coefficient (Wildman–Crippen LogP) is 14.9. The zero-order chi connectivity index (χ0) is 41.0. The standard InChI is InChI=1S/C57H36N4O/c1-5-16-37(17-6-1)42-32-43(40-28-30-51-48(35-40)46-24-13-14-26-50(46)61(51)45-22-11-4-12-23-45)34-44(33-42)41-29-31-52-49(36-41)54-47(25-15-27-53(54)62-52)57-59-55(38-18-7-2-8-19-38)58-56(60-57)39-20-9-3-10-21-39/h1-36H. The molecule has 0 saturated carbocycles. The third kappa shape index (κ3) is 6.14. The Labute approximate surface area is 357 Å². The minimum atomic E-state index is 0.591. The first-order valence-corrected chi connectivity index (χ1v) is 20.8. The molecule has 12 aromatic rings. The lowest BCUT2D eigenvalue weighted by Gasteiger charge is -2.12. The van der Waals surface area contributed by atoms with Crippen LogP contribution in [0.2, 0.25) is 0 Å². The van der Waals surface area contributed by atoms with Gasteiger partial charge in [-0.25, -0.2) is 15.0 Å². The van der Waals surface area contributed by atoms with Gasteiger partial charge in [0.25, 0.3) is 0 Å². The maximum Gasteiger partial charge on any atom is 0.164 e. The van der Waals surface area contributed by atoms with Crippen LogP contribution in [0, 0.1) is 0 Å². The highest BCUT2D eigenvalue weighted by Gasteiger charge is 2.19. The average molecular weight is 793 g/mol. The van der Waals surface area contributed by atoms with Crippen LogP contribution >= 0.6 is 0 Å². The summed E-state index contributed by atoms with van der Waals surface area (Å²) >= 11 is 0. The van der Waals surface area contributed by atoms with Crippen molar-refractivity contribution in [2.24, 2.45) is 0 Å². The molecule has 62 heavy (non-hydrogen) atoms. The van der Waals surface area contributed by atoms with E-state index >= 15 is 0 Å². The molecule has 0 aliphatic carbocycles. The minimum Gasteiger partial charge on any atom is -0.456 e. The summed E-state index contributed by atoms with van der Waals surface area (Å²) in [7, 11) is 0. The SMILES string of the molecule is c1ccc(-c2cc(-c3ccc4oc5cccc(-c6nc(-c7ccccc7)nc(-c7ccccc7)n6)c5c4c3)cc(-c3ccc4c(c3)c3ccccc3n4-c3ccccc3)c2)cc1. The van der Waals surface area contributed by atoms with E-state index < -0.39 is 0 Å². The molecule has 290 valence electrons. The van der Waals surface area contributed by atoms with Gasteiger partial charge in [-0.05, 0) is 100 Å². The van der Waals surface area contributed by atoms with Crippen LogP contribution in [-0.4, -0.2) is 19.5 Å². The molecular weight excluding hydrogens is 757 g/mol. The van der Waals surface area contributed by atoms with Gasteiger partial charge >= 0.3 is 0 Å². The van der Waals surface area contributed by atoms with E-state index in [2.05, 4.69) is 150 Å². The number of fused-ring (bicyclic) bond motifs is 6. The second-order valence-corrected chi connectivity index (χ2v) is 15.6. The Morgan fingerprint density at radius 1 is 0.306 bits per heavy atom. The Bertz CT molecular complexity index is 3560. The molecule has 9 aromatic carbocycles. The van der Waals surface area contributed by atoms with Crippen molar-refractivity contribution in [3.05, 3.63) is 218 Å². The zero-order valence-corrected chi connectivity index (χ0v) is 33.5. The van der Waals surface area contributed by atoms with Crippen molar-refractivity contribution in [1.82, 2.24) is 19.5 Å². The molecule has 0 aliphatic rings. The van der Waals surface area contributed by atoms with E-state index in [1.54, 1.807) is 0 Å².